The highest BCUT2D eigenvalue weighted by molar-refractivity contribution is 6.00. The van der Waals surface area contributed by atoms with Crippen LogP contribution in [-0.2, 0) is 9.59 Å². The molecule has 0 aliphatic carbocycles. The standard InChI is InChI=1S/C13H15N3O5/c1-9(18)15-12(13(19)14-6-7-17)8-10-2-4-11(5-3-10)16(20)21/h2-5,8,17H,6-7H2,1H3,(H,14,19)(H,15,18)/b12-8+. The summed E-state index contributed by atoms with van der Waals surface area (Å²) in [4.78, 5) is 32.9. The Bertz CT molecular complexity index is 566. The predicted molar refractivity (Wildman–Crippen MR) is 75.0 cm³/mol. The van der Waals surface area contributed by atoms with Crippen molar-refractivity contribution >= 4 is 23.6 Å². The van der Waals surface area contributed by atoms with Crippen molar-refractivity contribution in [3.63, 3.8) is 0 Å². The fourth-order valence-corrected chi connectivity index (χ4v) is 1.47. The first-order valence-electron chi connectivity index (χ1n) is 6.07. The third-order valence-electron chi connectivity index (χ3n) is 2.37. The molecule has 0 heterocycles. The summed E-state index contributed by atoms with van der Waals surface area (Å²) >= 11 is 0. The molecule has 1 aromatic carbocycles. The van der Waals surface area contributed by atoms with E-state index in [4.69, 9.17) is 5.11 Å². The molecule has 1 rings (SSSR count). The van der Waals surface area contributed by atoms with Crippen molar-refractivity contribution in [2.24, 2.45) is 0 Å². The summed E-state index contributed by atoms with van der Waals surface area (Å²) in [6.45, 7) is 1.08. The summed E-state index contributed by atoms with van der Waals surface area (Å²) < 4.78 is 0. The van der Waals surface area contributed by atoms with Crippen LogP contribution in [-0.4, -0.2) is 35.0 Å². The highest BCUT2D eigenvalue weighted by Gasteiger charge is 2.11. The first-order valence-corrected chi connectivity index (χ1v) is 6.07. The van der Waals surface area contributed by atoms with E-state index in [0.29, 0.717) is 5.56 Å². The lowest BCUT2D eigenvalue weighted by atomic mass is 10.1. The normalized spacial score (nSPS) is 10.9. The number of aliphatic hydroxyl groups excluding tert-OH is 1. The molecule has 8 nitrogen and oxygen atoms in total. The van der Waals surface area contributed by atoms with Crippen molar-refractivity contribution < 1.29 is 19.6 Å². The maximum absolute atomic E-state index is 11.8. The number of nitrogens with one attached hydrogen (secondary N) is 2. The van der Waals surface area contributed by atoms with Gasteiger partial charge in [-0.2, -0.15) is 0 Å². The van der Waals surface area contributed by atoms with E-state index < -0.39 is 16.7 Å². The molecule has 0 radical (unpaired) electrons. The second-order valence-corrected chi connectivity index (χ2v) is 4.07. The Balaban J connectivity index is 2.98. The molecule has 0 saturated heterocycles. The maximum Gasteiger partial charge on any atom is 0.269 e. The lowest BCUT2D eigenvalue weighted by Crippen LogP contribution is -2.35. The van der Waals surface area contributed by atoms with Crippen LogP contribution in [0.2, 0.25) is 0 Å². The first kappa shape index (κ1) is 16.3. The van der Waals surface area contributed by atoms with Crippen LogP contribution in [0.1, 0.15) is 12.5 Å². The molecule has 1 aromatic rings. The molecule has 8 heteroatoms. The van der Waals surface area contributed by atoms with Gasteiger partial charge in [-0.15, -0.1) is 0 Å². The molecule has 0 aromatic heterocycles. The average molecular weight is 293 g/mol. The predicted octanol–water partition coefficient (Wildman–Crippen LogP) is 0.180. The molecular formula is C13H15N3O5. The van der Waals surface area contributed by atoms with Crippen LogP contribution in [0.25, 0.3) is 6.08 Å². The van der Waals surface area contributed by atoms with Crippen LogP contribution >= 0.6 is 0 Å². The molecule has 21 heavy (non-hydrogen) atoms. The Labute approximate surface area is 120 Å². The summed E-state index contributed by atoms with van der Waals surface area (Å²) in [5.41, 5.74) is 0.436. The Morgan fingerprint density at radius 1 is 1.33 bits per heavy atom. The van der Waals surface area contributed by atoms with E-state index in [-0.39, 0.29) is 24.5 Å². The fraction of sp³-hybridized carbons (Fsp3) is 0.231. The van der Waals surface area contributed by atoms with Crippen molar-refractivity contribution in [2.45, 2.75) is 6.92 Å². The molecule has 0 unspecified atom stereocenters. The maximum atomic E-state index is 11.8. The third-order valence-corrected chi connectivity index (χ3v) is 2.37. The van der Waals surface area contributed by atoms with E-state index in [9.17, 15) is 19.7 Å². The zero-order chi connectivity index (χ0) is 15.8. The largest absolute Gasteiger partial charge is 0.395 e. The lowest BCUT2D eigenvalue weighted by Gasteiger charge is -2.08. The third kappa shape index (κ3) is 5.41. The second kappa shape index (κ2) is 7.75. The van der Waals surface area contributed by atoms with E-state index in [0.717, 1.165) is 0 Å². The number of carbonyl (C=O) groups is 2. The van der Waals surface area contributed by atoms with Gasteiger partial charge in [0.05, 0.1) is 11.5 Å². The van der Waals surface area contributed by atoms with Crippen LogP contribution in [0.5, 0.6) is 0 Å². The van der Waals surface area contributed by atoms with Crippen LogP contribution in [0.15, 0.2) is 30.0 Å². The minimum Gasteiger partial charge on any atom is -0.395 e. The minimum atomic E-state index is -0.558. The number of rotatable bonds is 6. The van der Waals surface area contributed by atoms with Crippen molar-refractivity contribution in [3.05, 3.63) is 45.6 Å². The molecule has 0 bridgehead atoms. The summed E-state index contributed by atoms with van der Waals surface area (Å²) in [5.74, 6) is -0.986. The molecule has 0 spiro atoms. The van der Waals surface area contributed by atoms with Crippen LogP contribution in [0, 0.1) is 10.1 Å². The lowest BCUT2D eigenvalue weighted by molar-refractivity contribution is -0.384. The monoisotopic (exact) mass is 293 g/mol. The molecule has 0 aliphatic heterocycles. The highest BCUT2D eigenvalue weighted by Crippen LogP contribution is 2.13. The zero-order valence-electron chi connectivity index (χ0n) is 11.3. The van der Waals surface area contributed by atoms with E-state index >= 15 is 0 Å². The first-order chi connectivity index (χ1) is 9.93. The van der Waals surface area contributed by atoms with Gasteiger partial charge in [-0.1, -0.05) is 0 Å². The molecule has 3 N–H and O–H groups in total. The Morgan fingerprint density at radius 3 is 2.43 bits per heavy atom. The zero-order valence-corrected chi connectivity index (χ0v) is 11.3. The Hall–Kier alpha value is -2.74. The van der Waals surface area contributed by atoms with Gasteiger partial charge in [-0.25, -0.2) is 0 Å². The van der Waals surface area contributed by atoms with Gasteiger partial charge in [-0.05, 0) is 23.8 Å². The number of hydrogen-bond donors (Lipinski definition) is 3. The molecule has 0 fully saturated rings. The van der Waals surface area contributed by atoms with Gasteiger partial charge in [0.2, 0.25) is 5.91 Å². The number of nitro benzene ring substituents is 1. The fourth-order valence-electron chi connectivity index (χ4n) is 1.47. The van der Waals surface area contributed by atoms with Crippen molar-refractivity contribution in [1.29, 1.82) is 0 Å². The van der Waals surface area contributed by atoms with Crippen molar-refractivity contribution in [3.8, 4) is 0 Å². The van der Waals surface area contributed by atoms with E-state index in [1.807, 2.05) is 0 Å². The number of hydrogen-bond acceptors (Lipinski definition) is 5. The number of carbonyl (C=O) groups excluding carboxylic acids is 2. The number of nitrogens with zero attached hydrogens (tertiary/aromatic N) is 1. The molecule has 0 atom stereocenters. The van der Waals surface area contributed by atoms with Gasteiger partial charge < -0.3 is 15.7 Å². The molecule has 0 saturated carbocycles. The average Bonchev–Trinajstić information content (AvgIpc) is 2.44. The van der Waals surface area contributed by atoms with Crippen LogP contribution in [0.3, 0.4) is 0 Å². The number of amides is 2. The number of non-ortho nitro benzene ring substituents is 1. The number of benzene rings is 1. The summed E-state index contributed by atoms with van der Waals surface area (Å²) in [6.07, 6.45) is 1.39. The SMILES string of the molecule is CC(=O)N/C(=C/c1ccc([N+](=O)[O-])cc1)C(=O)NCCO. The summed E-state index contributed by atoms with van der Waals surface area (Å²) in [7, 11) is 0. The molecule has 112 valence electrons. The Morgan fingerprint density at radius 2 is 1.95 bits per heavy atom. The van der Waals surface area contributed by atoms with E-state index in [1.54, 1.807) is 0 Å². The number of nitro groups is 1. The van der Waals surface area contributed by atoms with E-state index in [1.165, 1.54) is 37.3 Å². The topological polar surface area (TPSA) is 122 Å². The van der Waals surface area contributed by atoms with Gasteiger partial charge in [-0.3, -0.25) is 19.7 Å². The van der Waals surface area contributed by atoms with Crippen LogP contribution < -0.4 is 10.6 Å². The van der Waals surface area contributed by atoms with Gasteiger partial charge in [0.1, 0.15) is 5.70 Å². The smallest absolute Gasteiger partial charge is 0.269 e. The molecular weight excluding hydrogens is 278 g/mol. The van der Waals surface area contributed by atoms with Gasteiger partial charge in [0, 0.05) is 25.6 Å². The van der Waals surface area contributed by atoms with E-state index in [2.05, 4.69) is 10.6 Å². The van der Waals surface area contributed by atoms with Crippen molar-refractivity contribution in [2.75, 3.05) is 13.2 Å². The Kier molecular flexibility index (Phi) is 6.02. The highest BCUT2D eigenvalue weighted by atomic mass is 16.6. The van der Waals surface area contributed by atoms with Crippen molar-refractivity contribution in [1.82, 2.24) is 10.6 Å². The molecule has 2 amide bonds. The van der Waals surface area contributed by atoms with Gasteiger partial charge in [0.15, 0.2) is 0 Å². The van der Waals surface area contributed by atoms with Gasteiger partial charge >= 0.3 is 0 Å². The second-order valence-electron chi connectivity index (χ2n) is 4.07. The quantitative estimate of drug-likeness (QED) is 0.392. The summed E-state index contributed by atoms with van der Waals surface area (Å²) in [6, 6.07) is 5.50. The number of aliphatic hydroxyl groups is 1. The minimum absolute atomic E-state index is 0.00944. The van der Waals surface area contributed by atoms with Gasteiger partial charge in [0.25, 0.3) is 11.6 Å². The molecule has 0 aliphatic rings. The van der Waals surface area contributed by atoms with Crippen LogP contribution in [0.4, 0.5) is 5.69 Å². The summed E-state index contributed by atoms with van der Waals surface area (Å²) in [5, 5.41) is 24.0.